The van der Waals surface area contributed by atoms with E-state index in [4.69, 9.17) is 0 Å². The van der Waals surface area contributed by atoms with Gasteiger partial charge in [0, 0.05) is 30.1 Å². The predicted octanol–water partition coefficient (Wildman–Crippen LogP) is 4.28. The second-order valence-electron chi connectivity index (χ2n) is 6.35. The van der Waals surface area contributed by atoms with E-state index in [1.807, 2.05) is 74.1 Å². The van der Waals surface area contributed by atoms with Gasteiger partial charge in [-0.1, -0.05) is 48.5 Å². The van der Waals surface area contributed by atoms with Crippen LogP contribution in [0.4, 0.5) is 5.69 Å². The zero-order valence-electron chi connectivity index (χ0n) is 15.4. The van der Waals surface area contributed by atoms with E-state index in [1.165, 1.54) is 5.56 Å². The van der Waals surface area contributed by atoms with E-state index < -0.39 is 0 Å². The highest BCUT2D eigenvalue weighted by molar-refractivity contribution is 6.02. The van der Waals surface area contributed by atoms with E-state index in [0.717, 1.165) is 34.6 Å². The zero-order valence-corrected chi connectivity index (χ0v) is 15.4. The number of rotatable bonds is 5. The van der Waals surface area contributed by atoms with Crippen LogP contribution in [0.1, 0.15) is 28.1 Å². The standard InChI is InChI=1S/C22H23N3O/c1-16-20(17(2)25(3)24-16)13-14-22(26)23-21-12-8-7-11-19(21)15-18-9-5-4-6-10-18/h4-14H,15H2,1-3H3,(H,23,26)/b14-13+. The second-order valence-corrected chi connectivity index (χ2v) is 6.35. The van der Waals surface area contributed by atoms with Crippen molar-refractivity contribution in [2.75, 3.05) is 5.32 Å². The number of aromatic nitrogens is 2. The molecule has 0 unspecified atom stereocenters. The van der Waals surface area contributed by atoms with Gasteiger partial charge in [0.2, 0.25) is 5.91 Å². The van der Waals surface area contributed by atoms with Crippen LogP contribution in [0.2, 0.25) is 0 Å². The molecule has 0 aliphatic rings. The van der Waals surface area contributed by atoms with Gasteiger partial charge >= 0.3 is 0 Å². The summed E-state index contributed by atoms with van der Waals surface area (Å²) in [6, 6.07) is 18.1. The Hall–Kier alpha value is -3.14. The highest BCUT2D eigenvalue weighted by atomic mass is 16.1. The highest BCUT2D eigenvalue weighted by Crippen LogP contribution is 2.19. The lowest BCUT2D eigenvalue weighted by Gasteiger charge is -2.10. The molecule has 132 valence electrons. The molecule has 4 nitrogen and oxygen atoms in total. The Morgan fingerprint density at radius 3 is 2.46 bits per heavy atom. The first-order valence-electron chi connectivity index (χ1n) is 8.65. The van der Waals surface area contributed by atoms with Gasteiger partial charge < -0.3 is 5.32 Å². The van der Waals surface area contributed by atoms with Gasteiger partial charge in [-0.15, -0.1) is 0 Å². The van der Waals surface area contributed by atoms with Crippen LogP contribution in [0, 0.1) is 13.8 Å². The molecular weight excluding hydrogens is 322 g/mol. The predicted molar refractivity (Wildman–Crippen MR) is 106 cm³/mol. The molecule has 1 aromatic heterocycles. The Bertz CT molecular complexity index is 939. The summed E-state index contributed by atoms with van der Waals surface area (Å²) < 4.78 is 1.82. The van der Waals surface area contributed by atoms with E-state index in [2.05, 4.69) is 22.5 Å². The summed E-state index contributed by atoms with van der Waals surface area (Å²) in [7, 11) is 1.90. The molecule has 0 bridgehead atoms. The third-order valence-electron chi connectivity index (χ3n) is 4.48. The lowest BCUT2D eigenvalue weighted by molar-refractivity contribution is -0.111. The largest absolute Gasteiger partial charge is 0.322 e. The van der Waals surface area contributed by atoms with Crippen LogP contribution in [0.5, 0.6) is 0 Å². The molecule has 0 radical (unpaired) electrons. The Kier molecular flexibility index (Phi) is 5.32. The van der Waals surface area contributed by atoms with Crippen LogP contribution in [0.15, 0.2) is 60.7 Å². The molecule has 2 aromatic carbocycles. The average molecular weight is 345 g/mol. The summed E-state index contributed by atoms with van der Waals surface area (Å²) in [6.45, 7) is 3.94. The summed E-state index contributed by atoms with van der Waals surface area (Å²) in [6.07, 6.45) is 4.17. The van der Waals surface area contributed by atoms with Crippen LogP contribution in [-0.2, 0) is 18.3 Å². The second kappa shape index (κ2) is 7.83. The summed E-state index contributed by atoms with van der Waals surface area (Å²) >= 11 is 0. The van der Waals surface area contributed by atoms with E-state index in [-0.39, 0.29) is 5.91 Å². The first-order chi connectivity index (χ1) is 12.5. The first kappa shape index (κ1) is 17.7. The fourth-order valence-electron chi connectivity index (χ4n) is 2.98. The van der Waals surface area contributed by atoms with Crippen molar-refractivity contribution in [1.82, 2.24) is 9.78 Å². The van der Waals surface area contributed by atoms with Gasteiger partial charge in [-0.2, -0.15) is 5.10 Å². The summed E-state index contributed by atoms with van der Waals surface area (Å²) in [5.74, 6) is -0.145. The molecule has 0 saturated carbocycles. The Labute approximate surface area is 154 Å². The van der Waals surface area contributed by atoms with Crippen LogP contribution in [0.25, 0.3) is 6.08 Å². The molecule has 3 rings (SSSR count). The minimum atomic E-state index is -0.145. The van der Waals surface area contributed by atoms with Crippen LogP contribution < -0.4 is 5.32 Å². The van der Waals surface area contributed by atoms with Crippen molar-refractivity contribution in [1.29, 1.82) is 0 Å². The third-order valence-corrected chi connectivity index (χ3v) is 4.48. The number of hydrogen-bond acceptors (Lipinski definition) is 2. The first-order valence-corrected chi connectivity index (χ1v) is 8.65. The van der Waals surface area contributed by atoms with E-state index in [9.17, 15) is 4.79 Å². The molecule has 0 aliphatic heterocycles. The highest BCUT2D eigenvalue weighted by Gasteiger charge is 2.08. The van der Waals surface area contributed by atoms with Crippen LogP contribution in [0.3, 0.4) is 0 Å². The van der Waals surface area contributed by atoms with Gasteiger partial charge in [0.05, 0.1) is 5.69 Å². The van der Waals surface area contributed by atoms with Gasteiger partial charge in [-0.05, 0) is 43.5 Å². The Morgan fingerprint density at radius 1 is 1.08 bits per heavy atom. The van der Waals surface area contributed by atoms with Crippen molar-refractivity contribution in [3.8, 4) is 0 Å². The molecule has 1 heterocycles. The Morgan fingerprint density at radius 2 is 1.77 bits per heavy atom. The number of benzene rings is 2. The number of carbonyl (C=O) groups is 1. The zero-order chi connectivity index (χ0) is 18.5. The minimum Gasteiger partial charge on any atom is -0.322 e. The number of amides is 1. The van der Waals surface area contributed by atoms with Crippen molar-refractivity contribution in [2.45, 2.75) is 20.3 Å². The lowest BCUT2D eigenvalue weighted by Crippen LogP contribution is -2.10. The lowest BCUT2D eigenvalue weighted by atomic mass is 10.0. The monoisotopic (exact) mass is 345 g/mol. The number of nitrogens with zero attached hydrogens (tertiary/aromatic N) is 2. The summed E-state index contributed by atoms with van der Waals surface area (Å²) in [4.78, 5) is 12.4. The molecule has 3 aromatic rings. The van der Waals surface area contributed by atoms with E-state index >= 15 is 0 Å². The maximum Gasteiger partial charge on any atom is 0.248 e. The quantitative estimate of drug-likeness (QED) is 0.702. The molecular formula is C22H23N3O. The van der Waals surface area contributed by atoms with Gasteiger partial charge in [-0.25, -0.2) is 0 Å². The van der Waals surface area contributed by atoms with Crippen LogP contribution in [-0.4, -0.2) is 15.7 Å². The SMILES string of the molecule is Cc1nn(C)c(C)c1/C=C/C(=O)Nc1ccccc1Cc1ccccc1. The van der Waals surface area contributed by atoms with Gasteiger partial charge in [-0.3, -0.25) is 9.48 Å². The summed E-state index contributed by atoms with van der Waals surface area (Å²) in [5, 5.41) is 7.36. The van der Waals surface area contributed by atoms with Crippen molar-refractivity contribution in [2.24, 2.45) is 7.05 Å². The molecule has 0 saturated heterocycles. The molecule has 0 aliphatic carbocycles. The average Bonchev–Trinajstić information content (AvgIpc) is 2.88. The number of anilines is 1. The van der Waals surface area contributed by atoms with Crippen molar-refractivity contribution >= 4 is 17.7 Å². The third kappa shape index (κ3) is 4.09. The van der Waals surface area contributed by atoms with Gasteiger partial charge in [0.25, 0.3) is 0 Å². The maximum atomic E-state index is 12.4. The molecule has 1 N–H and O–H groups in total. The number of nitrogens with one attached hydrogen (secondary N) is 1. The number of aryl methyl sites for hydroxylation is 2. The number of carbonyl (C=O) groups excluding carboxylic acids is 1. The van der Waals surface area contributed by atoms with Crippen molar-refractivity contribution in [3.63, 3.8) is 0 Å². The molecule has 1 amide bonds. The molecule has 4 heteroatoms. The number of hydrogen-bond donors (Lipinski definition) is 1. The van der Waals surface area contributed by atoms with E-state index in [1.54, 1.807) is 6.08 Å². The van der Waals surface area contributed by atoms with Crippen molar-refractivity contribution in [3.05, 3.63) is 88.8 Å². The summed E-state index contributed by atoms with van der Waals surface area (Å²) in [5.41, 5.74) is 6.08. The van der Waals surface area contributed by atoms with Crippen LogP contribution >= 0.6 is 0 Å². The normalized spacial score (nSPS) is 11.0. The van der Waals surface area contributed by atoms with Gasteiger partial charge in [0.1, 0.15) is 0 Å². The topological polar surface area (TPSA) is 46.9 Å². The smallest absolute Gasteiger partial charge is 0.248 e. The molecule has 0 atom stereocenters. The molecule has 0 spiro atoms. The maximum absolute atomic E-state index is 12.4. The van der Waals surface area contributed by atoms with Gasteiger partial charge in [0.15, 0.2) is 0 Å². The number of para-hydroxylation sites is 1. The Balaban J connectivity index is 1.74. The molecule has 26 heavy (non-hydrogen) atoms. The fraction of sp³-hybridized carbons (Fsp3) is 0.182. The fourth-order valence-corrected chi connectivity index (χ4v) is 2.98. The minimum absolute atomic E-state index is 0.145. The molecule has 0 fully saturated rings. The van der Waals surface area contributed by atoms with Crippen molar-refractivity contribution < 1.29 is 4.79 Å². The van der Waals surface area contributed by atoms with E-state index in [0.29, 0.717) is 0 Å².